The Balaban J connectivity index is 2.53. The molecule has 0 aliphatic heterocycles. The van der Waals surface area contributed by atoms with E-state index in [1.54, 1.807) is 25.1 Å². The number of methoxy groups -OCH3 is 1. The van der Waals surface area contributed by atoms with E-state index in [-0.39, 0.29) is 22.3 Å². The molecule has 5 nitrogen and oxygen atoms in total. The largest absolute Gasteiger partial charge is 0.497 e. The van der Waals surface area contributed by atoms with Crippen LogP contribution in [0, 0.1) is 0 Å². The van der Waals surface area contributed by atoms with Crippen molar-refractivity contribution < 1.29 is 18.7 Å². The van der Waals surface area contributed by atoms with Gasteiger partial charge in [-0.2, -0.15) is 0 Å². The molecule has 0 aliphatic carbocycles. The number of fused-ring (bicyclic) bond motifs is 1. The topological polar surface area (TPSA) is 65.7 Å². The molecule has 0 fully saturated rings. The van der Waals surface area contributed by atoms with Crippen molar-refractivity contribution in [2.24, 2.45) is 0 Å². The van der Waals surface area contributed by atoms with Gasteiger partial charge in [0.25, 0.3) is 0 Å². The highest BCUT2D eigenvalue weighted by Gasteiger charge is 2.11. The summed E-state index contributed by atoms with van der Waals surface area (Å²) in [5, 5.41) is 0.376. The highest BCUT2D eigenvalue weighted by atomic mass is 79.9. The minimum atomic E-state index is -0.519. The maximum absolute atomic E-state index is 12.4. The van der Waals surface area contributed by atoms with Crippen molar-refractivity contribution in [2.75, 3.05) is 13.7 Å². The fourth-order valence-corrected chi connectivity index (χ4v) is 2.26. The van der Waals surface area contributed by atoms with Gasteiger partial charge in [-0.1, -0.05) is 0 Å². The van der Waals surface area contributed by atoms with E-state index < -0.39 is 5.97 Å². The molecule has 1 aromatic heterocycles. The van der Waals surface area contributed by atoms with Gasteiger partial charge in [-0.3, -0.25) is 4.79 Å². The predicted molar refractivity (Wildman–Crippen MR) is 82.4 cm³/mol. The highest BCUT2D eigenvalue weighted by molar-refractivity contribution is 9.10. The van der Waals surface area contributed by atoms with Crippen LogP contribution in [-0.4, -0.2) is 19.7 Å². The van der Waals surface area contributed by atoms with Gasteiger partial charge in [-0.15, -0.1) is 0 Å². The minimum absolute atomic E-state index is 0.240. The van der Waals surface area contributed by atoms with Crippen LogP contribution in [0.4, 0.5) is 0 Å². The van der Waals surface area contributed by atoms with Crippen LogP contribution in [0.1, 0.15) is 12.5 Å². The molecule has 0 atom stereocenters. The Bertz CT molecular complexity index is 760. The van der Waals surface area contributed by atoms with Crippen LogP contribution in [0.2, 0.25) is 0 Å². The molecule has 1 heterocycles. The average molecular weight is 353 g/mol. The average Bonchev–Trinajstić information content (AvgIpc) is 2.47. The zero-order valence-electron chi connectivity index (χ0n) is 11.5. The lowest BCUT2D eigenvalue weighted by Gasteiger charge is -2.04. The lowest BCUT2D eigenvalue weighted by atomic mass is 10.1. The molecule has 21 heavy (non-hydrogen) atoms. The van der Waals surface area contributed by atoms with E-state index in [4.69, 9.17) is 13.9 Å². The third-order valence-electron chi connectivity index (χ3n) is 2.76. The number of carbonyl (C=O) groups excluding carboxylic acids is 1. The first-order valence-electron chi connectivity index (χ1n) is 6.22. The van der Waals surface area contributed by atoms with Crippen molar-refractivity contribution in [1.29, 1.82) is 0 Å². The molecule has 0 spiro atoms. The van der Waals surface area contributed by atoms with Gasteiger partial charge in [0.2, 0.25) is 5.43 Å². The molecule has 0 bridgehead atoms. The fraction of sp³-hybridized carbons (Fsp3) is 0.200. The SMILES string of the molecule is CCOC(=O)/C=C/c1c(Br)oc2ccc(OC)cc2c1=O. The molecule has 0 N–H and O–H groups in total. The molecule has 0 amide bonds. The van der Waals surface area contributed by atoms with Crippen molar-refractivity contribution in [2.45, 2.75) is 6.92 Å². The number of esters is 1. The summed E-state index contributed by atoms with van der Waals surface area (Å²) < 4.78 is 15.6. The quantitative estimate of drug-likeness (QED) is 0.624. The van der Waals surface area contributed by atoms with Crippen molar-refractivity contribution in [3.8, 4) is 5.75 Å². The lowest BCUT2D eigenvalue weighted by molar-refractivity contribution is -0.137. The Hall–Kier alpha value is -2.08. The van der Waals surface area contributed by atoms with E-state index in [2.05, 4.69) is 15.9 Å². The number of benzene rings is 1. The summed E-state index contributed by atoms with van der Waals surface area (Å²) in [6.45, 7) is 1.98. The lowest BCUT2D eigenvalue weighted by Crippen LogP contribution is -2.07. The van der Waals surface area contributed by atoms with Crippen molar-refractivity contribution in [3.05, 3.63) is 44.7 Å². The second kappa shape index (κ2) is 6.58. The zero-order valence-corrected chi connectivity index (χ0v) is 13.1. The van der Waals surface area contributed by atoms with Crippen molar-refractivity contribution in [1.82, 2.24) is 0 Å². The molecule has 0 radical (unpaired) electrons. The van der Waals surface area contributed by atoms with Crippen LogP contribution in [0.5, 0.6) is 5.75 Å². The number of halogens is 1. The first-order chi connectivity index (χ1) is 10.1. The van der Waals surface area contributed by atoms with E-state index in [1.165, 1.54) is 19.3 Å². The summed E-state index contributed by atoms with van der Waals surface area (Å²) in [4.78, 5) is 23.8. The summed E-state index contributed by atoms with van der Waals surface area (Å²) in [5.41, 5.74) is 0.410. The second-order valence-corrected chi connectivity index (χ2v) is 4.79. The van der Waals surface area contributed by atoms with Gasteiger partial charge in [0.05, 0.1) is 24.7 Å². The zero-order chi connectivity index (χ0) is 15.4. The van der Waals surface area contributed by atoms with E-state index in [9.17, 15) is 9.59 Å². The van der Waals surface area contributed by atoms with Gasteiger partial charge in [0, 0.05) is 6.08 Å². The van der Waals surface area contributed by atoms with Crippen LogP contribution >= 0.6 is 15.9 Å². The van der Waals surface area contributed by atoms with Gasteiger partial charge in [0.15, 0.2) is 4.67 Å². The number of hydrogen-bond donors (Lipinski definition) is 0. The maximum atomic E-state index is 12.4. The molecule has 6 heteroatoms. The first-order valence-corrected chi connectivity index (χ1v) is 7.01. The summed E-state index contributed by atoms with van der Waals surface area (Å²) in [7, 11) is 1.52. The fourth-order valence-electron chi connectivity index (χ4n) is 1.77. The summed E-state index contributed by atoms with van der Waals surface area (Å²) in [6, 6.07) is 4.94. The standard InChI is InChI=1S/C15H13BrO5/c1-3-20-13(17)7-5-10-14(18)11-8-9(19-2)4-6-12(11)21-15(10)16/h4-8H,3H2,1-2H3/b7-5+. The van der Waals surface area contributed by atoms with E-state index in [0.717, 1.165) is 0 Å². The third kappa shape index (κ3) is 3.33. The molecule has 0 aliphatic rings. The molecular formula is C15H13BrO5. The van der Waals surface area contributed by atoms with Gasteiger partial charge in [-0.05, 0) is 47.1 Å². The van der Waals surface area contributed by atoms with Gasteiger partial charge in [-0.25, -0.2) is 4.79 Å². The molecule has 110 valence electrons. The van der Waals surface area contributed by atoms with E-state index in [0.29, 0.717) is 16.7 Å². The van der Waals surface area contributed by atoms with Gasteiger partial charge < -0.3 is 13.9 Å². The Labute approximate surface area is 129 Å². The van der Waals surface area contributed by atoms with Crippen molar-refractivity contribution >= 4 is 38.9 Å². The van der Waals surface area contributed by atoms with Crippen molar-refractivity contribution in [3.63, 3.8) is 0 Å². The smallest absolute Gasteiger partial charge is 0.330 e. The monoisotopic (exact) mass is 352 g/mol. The Morgan fingerprint density at radius 2 is 2.19 bits per heavy atom. The molecule has 2 aromatic rings. The predicted octanol–water partition coefficient (Wildman–Crippen LogP) is 3.14. The summed E-state index contributed by atoms with van der Waals surface area (Å²) >= 11 is 3.19. The first kappa shape index (κ1) is 15.3. The van der Waals surface area contributed by atoms with Crippen LogP contribution < -0.4 is 10.2 Å². The molecule has 2 rings (SSSR count). The number of hydrogen-bond acceptors (Lipinski definition) is 5. The van der Waals surface area contributed by atoms with Crippen LogP contribution in [0.3, 0.4) is 0 Å². The molecule has 0 saturated heterocycles. The van der Waals surface area contributed by atoms with Crippen LogP contribution in [0.15, 0.2) is 38.2 Å². The van der Waals surface area contributed by atoms with Gasteiger partial charge in [0.1, 0.15) is 11.3 Å². The number of rotatable bonds is 4. The number of carbonyl (C=O) groups is 1. The molecular weight excluding hydrogens is 340 g/mol. The Morgan fingerprint density at radius 3 is 2.86 bits per heavy atom. The third-order valence-corrected chi connectivity index (χ3v) is 3.35. The summed E-state index contributed by atoms with van der Waals surface area (Å²) in [6.07, 6.45) is 2.55. The Kier molecular flexibility index (Phi) is 4.80. The highest BCUT2D eigenvalue weighted by Crippen LogP contribution is 2.24. The molecule has 1 aromatic carbocycles. The van der Waals surface area contributed by atoms with Crippen LogP contribution in [-0.2, 0) is 9.53 Å². The normalized spacial score (nSPS) is 11.0. The summed E-state index contributed by atoms with van der Waals surface area (Å²) in [5.74, 6) is 0.0342. The van der Waals surface area contributed by atoms with E-state index >= 15 is 0 Å². The van der Waals surface area contributed by atoms with Gasteiger partial charge >= 0.3 is 5.97 Å². The molecule has 0 saturated carbocycles. The molecule has 0 unspecified atom stereocenters. The second-order valence-electron chi connectivity index (χ2n) is 4.07. The van der Waals surface area contributed by atoms with E-state index in [1.807, 2.05) is 0 Å². The number of ether oxygens (including phenoxy) is 2. The Morgan fingerprint density at radius 1 is 1.43 bits per heavy atom. The maximum Gasteiger partial charge on any atom is 0.330 e. The minimum Gasteiger partial charge on any atom is -0.497 e. The van der Waals surface area contributed by atoms with Crippen LogP contribution in [0.25, 0.3) is 17.0 Å².